The molecule has 0 aliphatic rings. The summed E-state index contributed by atoms with van der Waals surface area (Å²) in [6, 6.07) is 20.2. The molecule has 0 amide bonds. The Morgan fingerprint density at radius 1 is 1.09 bits per heavy atom. The largest absolute Gasteiger partial charge is 0.298 e. The third-order valence-corrected chi connectivity index (χ3v) is 4.45. The molecule has 0 radical (unpaired) electrons. The maximum Gasteiger partial charge on any atom is 0.151 e. The minimum absolute atomic E-state index is 0.442. The third-order valence-electron chi connectivity index (χ3n) is 3.69. The molecule has 0 atom stereocenters. The molecule has 3 rings (SSSR count). The fourth-order valence-electron chi connectivity index (χ4n) is 2.64. The lowest BCUT2D eigenvalue weighted by Gasteiger charge is -2.11. The number of benzene rings is 3. The van der Waals surface area contributed by atoms with Crippen LogP contribution in [0.5, 0.6) is 0 Å². The minimum Gasteiger partial charge on any atom is -0.298 e. The summed E-state index contributed by atoms with van der Waals surface area (Å²) in [6.45, 7) is 0. The number of carbonyl (C=O) groups is 1. The van der Waals surface area contributed by atoms with E-state index in [1.807, 2.05) is 36.6 Å². The molecule has 3 aromatic rings. The van der Waals surface area contributed by atoms with Crippen molar-refractivity contribution in [2.45, 2.75) is 4.90 Å². The topological polar surface area (TPSA) is 40.9 Å². The summed E-state index contributed by atoms with van der Waals surface area (Å²) in [6.07, 6.45) is 2.67. The van der Waals surface area contributed by atoms with E-state index in [2.05, 4.69) is 24.3 Å². The van der Waals surface area contributed by atoms with Crippen molar-refractivity contribution in [2.24, 2.45) is 0 Å². The average molecular weight is 303 g/mol. The Hall–Kier alpha value is -2.57. The number of nitrogens with zero attached hydrogens (tertiary/aromatic N) is 1. The van der Waals surface area contributed by atoms with Gasteiger partial charge in [-0.15, -0.1) is 11.8 Å². The molecule has 0 fully saturated rings. The van der Waals surface area contributed by atoms with Crippen LogP contribution in [0.4, 0.5) is 0 Å². The Labute approximate surface area is 133 Å². The smallest absolute Gasteiger partial charge is 0.151 e. The molecule has 22 heavy (non-hydrogen) atoms. The number of thioether (sulfide) groups is 1. The summed E-state index contributed by atoms with van der Waals surface area (Å²) < 4.78 is 0. The molecule has 0 aliphatic carbocycles. The molecular formula is C19H13NOS. The van der Waals surface area contributed by atoms with Gasteiger partial charge in [0.2, 0.25) is 0 Å². The van der Waals surface area contributed by atoms with Gasteiger partial charge in [0.15, 0.2) is 6.29 Å². The molecule has 3 aromatic carbocycles. The number of nitriles is 1. The van der Waals surface area contributed by atoms with Crippen LogP contribution in [0.15, 0.2) is 59.5 Å². The van der Waals surface area contributed by atoms with E-state index in [9.17, 15) is 10.1 Å². The minimum atomic E-state index is 0.442. The van der Waals surface area contributed by atoms with E-state index in [0.29, 0.717) is 11.1 Å². The third kappa shape index (κ3) is 2.38. The van der Waals surface area contributed by atoms with Crippen LogP contribution in [0.1, 0.15) is 15.9 Å². The number of hydrogen-bond donors (Lipinski definition) is 0. The first-order chi connectivity index (χ1) is 10.8. The Bertz CT molecular complexity index is 904. The summed E-state index contributed by atoms with van der Waals surface area (Å²) in [5.41, 5.74) is 2.92. The lowest BCUT2D eigenvalue weighted by molar-refractivity contribution is 0.112. The van der Waals surface area contributed by atoms with E-state index in [1.165, 1.54) is 11.8 Å². The Balaban J connectivity index is 2.32. The fraction of sp³-hybridized carbons (Fsp3) is 0.0526. The predicted molar refractivity (Wildman–Crippen MR) is 91.3 cm³/mol. The average Bonchev–Trinajstić information content (AvgIpc) is 2.59. The van der Waals surface area contributed by atoms with Gasteiger partial charge in [-0.05, 0) is 40.3 Å². The standard InChI is InChI=1S/C19H13NOS/c1-22-19-10-14(9-15(12-21)18(19)11-20)17-8-4-6-13-5-2-3-7-16(13)17/h2-10,12H,1H3. The molecule has 0 saturated carbocycles. The zero-order valence-electron chi connectivity index (χ0n) is 12.0. The predicted octanol–water partition coefficient (Wildman–Crippen LogP) is 4.91. The maximum absolute atomic E-state index is 11.3. The van der Waals surface area contributed by atoms with Gasteiger partial charge in [0.1, 0.15) is 6.07 Å². The van der Waals surface area contributed by atoms with Crippen LogP contribution in [0.3, 0.4) is 0 Å². The number of fused-ring (bicyclic) bond motifs is 1. The zero-order valence-corrected chi connectivity index (χ0v) is 12.9. The van der Waals surface area contributed by atoms with Crippen LogP contribution in [-0.4, -0.2) is 12.5 Å². The van der Waals surface area contributed by atoms with Gasteiger partial charge in [-0.25, -0.2) is 0 Å². The first-order valence-corrected chi connectivity index (χ1v) is 8.06. The first kappa shape index (κ1) is 14.4. The number of rotatable bonds is 3. The van der Waals surface area contributed by atoms with Crippen LogP contribution < -0.4 is 0 Å². The van der Waals surface area contributed by atoms with Crippen molar-refractivity contribution in [3.8, 4) is 17.2 Å². The fourth-order valence-corrected chi connectivity index (χ4v) is 3.26. The van der Waals surface area contributed by atoms with Crippen molar-refractivity contribution in [2.75, 3.05) is 6.26 Å². The Morgan fingerprint density at radius 3 is 2.59 bits per heavy atom. The van der Waals surface area contributed by atoms with E-state index in [1.54, 1.807) is 6.07 Å². The van der Waals surface area contributed by atoms with E-state index in [-0.39, 0.29) is 0 Å². The van der Waals surface area contributed by atoms with E-state index in [0.717, 1.165) is 33.1 Å². The van der Waals surface area contributed by atoms with Gasteiger partial charge < -0.3 is 0 Å². The maximum atomic E-state index is 11.3. The van der Waals surface area contributed by atoms with Gasteiger partial charge >= 0.3 is 0 Å². The van der Waals surface area contributed by atoms with Gasteiger partial charge in [-0.1, -0.05) is 42.5 Å². The lowest BCUT2D eigenvalue weighted by atomic mass is 9.95. The van der Waals surface area contributed by atoms with Gasteiger partial charge in [-0.2, -0.15) is 5.26 Å². The molecule has 0 aromatic heterocycles. The van der Waals surface area contributed by atoms with Crippen LogP contribution >= 0.6 is 11.8 Å². The van der Waals surface area contributed by atoms with Crippen LogP contribution in [0.2, 0.25) is 0 Å². The van der Waals surface area contributed by atoms with Crippen molar-refractivity contribution < 1.29 is 4.79 Å². The summed E-state index contributed by atoms with van der Waals surface area (Å²) in [7, 11) is 0. The van der Waals surface area contributed by atoms with Gasteiger partial charge in [0.25, 0.3) is 0 Å². The van der Waals surface area contributed by atoms with E-state index >= 15 is 0 Å². The van der Waals surface area contributed by atoms with E-state index < -0.39 is 0 Å². The quantitative estimate of drug-likeness (QED) is 0.510. The molecule has 3 heteroatoms. The molecule has 0 N–H and O–H groups in total. The number of hydrogen-bond acceptors (Lipinski definition) is 3. The highest BCUT2D eigenvalue weighted by Crippen LogP contribution is 2.33. The highest BCUT2D eigenvalue weighted by molar-refractivity contribution is 7.98. The Morgan fingerprint density at radius 2 is 1.86 bits per heavy atom. The van der Waals surface area contributed by atoms with Gasteiger partial charge in [0, 0.05) is 10.5 Å². The molecule has 0 unspecified atom stereocenters. The highest BCUT2D eigenvalue weighted by Gasteiger charge is 2.12. The number of aldehydes is 1. The zero-order chi connectivity index (χ0) is 15.5. The first-order valence-electron chi connectivity index (χ1n) is 6.84. The van der Waals surface area contributed by atoms with E-state index in [4.69, 9.17) is 0 Å². The monoisotopic (exact) mass is 303 g/mol. The summed E-state index contributed by atoms with van der Waals surface area (Å²) >= 11 is 1.48. The van der Waals surface area contributed by atoms with Crippen molar-refractivity contribution in [1.82, 2.24) is 0 Å². The lowest BCUT2D eigenvalue weighted by Crippen LogP contribution is -1.93. The molecule has 0 bridgehead atoms. The molecule has 0 spiro atoms. The number of carbonyl (C=O) groups excluding carboxylic acids is 1. The van der Waals surface area contributed by atoms with Crippen molar-refractivity contribution in [3.05, 3.63) is 65.7 Å². The van der Waals surface area contributed by atoms with Gasteiger partial charge in [-0.3, -0.25) is 4.79 Å². The van der Waals surface area contributed by atoms with Crippen LogP contribution in [-0.2, 0) is 0 Å². The second kappa shape index (κ2) is 6.05. The molecule has 0 heterocycles. The molecule has 0 aliphatic heterocycles. The molecule has 0 saturated heterocycles. The molecular weight excluding hydrogens is 290 g/mol. The Kier molecular flexibility index (Phi) is 3.95. The van der Waals surface area contributed by atoms with Gasteiger partial charge in [0.05, 0.1) is 5.56 Å². The van der Waals surface area contributed by atoms with Crippen LogP contribution in [0, 0.1) is 11.3 Å². The summed E-state index contributed by atoms with van der Waals surface area (Å²) in [5.74, 6) is 0. The summed E-state index contributed by atoms with van der Waals surface area (Å²) in [5, 5.41) is 11.6. The normalized spacial score (nSPS) is 10.4. The summed E-state index contributed by atoms with van der Waals surface area (Å²) in [4.78, 5) is 12.2. The van der Waals surface area contributed by atoms with Crippen molar-refractivity contribution >= 4 is 28.8 Å². The van der Waals surface area contributed by atoms with Crippen molar-refractivity contribution in [1.29, 1.82) is 5.26 Å². The van der Waals surface area contributed by atoms with Crippen LogP contribution in [0.25, 0.3) is 21.9 Å². The molecule has 106 valence electrons. The second-order valence-electron chi connectivity index (χ2n) is 4.90. The second-order valence-corrected chi connectivity index (χ2v) is 5.75. The van der Waals surface area contributed by atoms with Crippen molar-refractivity contribution in [3.63, 3.8) is 0 Å². The SMILES string of the molecule is CSc1cc(-c2cccc3ccccc23)cc(C=O)c1C#N. The molecule has 2 nitrogen and oxygen atoms in total. The highest BCUT2D eigenvalue weighted by atomic mass is 32.2.